The van der Waals surface area contributed by atoms with Crippen LogP contribution in [0.5, 0.6) is 0 Å². The van der Waals surface area contributed by atoms with E-state index in [-0.39, 0.29) is 11.0 Å². The van der Waals surface area contributed by atoms with Gasteiger partial charge in [-0.2, -0.15) is 0 Å². The fraction of sp³-hybridized carbons (Fsp3) is 0.118. The molecular weight excluding hydrogens is 374 g/mol. The molecule has 1 heterocycles. The Kier molecular flexibility index (Phi) is 4.93. The van der Waals surface area contributed by atoms with Gasteiger partial charge in [0.1, 0.15) is 0 Å². The van der Waals surface area contributed by atoms with Gasteiger partial charge in [0.25, 0.3) is 0 Å². The molecule has 0 fully saturated rings. The molecule has 0 bridgehead atoms. The summed E-state index contributed by atoms with van der Waals surface area (Å²) < 4.78 is 0.954. The first-order chi connectivity index (χ1) is 11.1. The third-order valence-electron chi connectivity index (χ3n) is 3.29. The van der Waals surface area contributed by atoms with E-state index in [1.54, 1.807) is 0 Å². The van der Waals surface area contributed by atoms with E-state index in [0.29, 0.717) is 16.5 Å². The molecule has 3 rings (SSSR count). The Hall–Kier alpha value is -1.92. The van der Waals surface area contributed by atoms with Crippen LogP contribution in [0.4, 0.5) is 0 Å². The first-order valence-corrected chi connectivity index (χ1v) is 8.75. The molecule has 0 saturated carbocycles. The van der Waals surface area contributed by atoms with Crippen molar-refractivity contribution in [1.29, 1.82) is 0 Å². The van der Waals surface area contributed by atoms with Crippen LogP contribution in [0.25, 0.3) is 11.4 Å². The van der Waals surface area contributed by atoms with Crippen LogP contribution in [0.3, 0.4) is 0 Å². The number of thioether (sulfide) groups is 1. The third kappa shape index (κ3) is 3.89. The predicted molar refractivity (Wildman–Crippen MR) is 95.6 cm³/mol. The van der Waals surface area contributed by atoms with Crippen LogP contribution in [-0.2, 0) is 0 Å². The van der Waals surface area contributed by atoms with Crippen LogP contribution in [0.1, 0.15) is 17.3 Å². The number of ketones is 1. The van der Waals surface area contributed by atoms with Crippen molar-refractivity contribution in [3.63, 3.8) is 0 Å². The first-order valence-electron chi connectivity index (χ1n) is 7.08. The minimum Gasteiger partial charge on any atom is -0.293 e. The fourth-order valence-electron chi connectivity index (χ4n) is 2.08. The number of aromatic nitrogens is 3. The molecule has 0 aliphatic rings. The molecule has 0 aliphatic heterocycles. The van der Waals surface area contributed by atoms with Crippen LogP contribution in [0.2, 0.25) is 0 Å². The minimum atomic E-state index is -0.254. The lowest BCUT2D eigenvalue weighted by molar-refractivity contribution is 0.0994. The highest BCUT2D eigenvalue weighted by Crippen LogP contribution is 2.25. The maximum Gasteiger partial charge on any atom is 0.209 e. The van der Waals surface area contributed by atoms with Crippen molar-refractivity contribution in [1.82, 2.24) is 15.2 Å². The van der Waals surface area contributed by atoms with Crippen LogP contribution in [-0.4, -0.2) is 26.2 Å². The summed E-state index contributed by atoms with van der Waals surface area (Å²) in [6.45, 7) is 1.87. The number of benzene rings is 2. The Morgan fingerprint density at radius 2 is 1.83 bits per heavy atom. The van der Waals surface area contributed by atoms with E-state index >= 15 is 0 Å². The number of nitrogens with zero attached hydrogens (tertiary/aromatic N) is 2. The molecule has 0 aliphatic carbocycles. The first kappa shape index (κ1) is 16.0. The molecule has 2 aromatic carbocycles. The number of H-pyrrole nitrogens is 1. The molecule has 1 N–H and O–H groups in total. The van der Waals surface area contributed by atoms with E-state index in [2.05, 4.69) is 31.1 Å². The summed E-state index contributed by atoms with van der Waals surface area (Å²) in [5.74, 6) is 0.768. The van der Waals surface area contributed by atoms with E-state index in [9.17, 15) is 4.79 Å². The lowest BCUT2D eigenvalue weighted by Crippen LogP contribution is -2.13. The van der Waals surface area contributed by atoms with Gasteiger partial charge in [-0.1, -0.05) is 70.2 Å². The van der Waals surface area contributed by atoms with E-state index in [0.717, 1.165) is 10.0 Å². The molecule has 0 saturated heterocycles. The topological polar surface area (TPSA) is 58.6 Å². The monoisotopic (exact) mass is 387 g/mol. The van der Waals surface area contributed by atoms with Crippen molar-refractivity contribution in [2.24, 2.45) is 0 Å². The lowest BCUT2D eigenvalue weighted by atomic mass is 10.1. The summed E-state index contributed by atoms with van der Waals surface area (Å²) in [6, 6.07) is 17.1. The molecule has 1 atom stereocenters. The van der Waals surface area contributed by atoms with Crippen LogP contribution >= 0.6 is 27.7 Å². The Balaban J connectivity index is 1.71. The maximum atomic E-state index is 12.4. The van der Waals surface area contributed by atoms with Gasteiger partial charge in [-0.3, -0.25) is 9.89 Å². The van der Waals surface area contributed by atoms with Gasteiger partial charge in [-0.25, -0.2) is 4.98 Å². The largest absolute Gasteiger partial charge is 0.293 e. The smallest absolute Gasteiger partial charge is 0.209 e. The lowest BCUT2D eigenvalue weighted by Gasteiger charge is -2.07. The van der Waals surface area contributed by atoms with E-state index in [4.69, 9.17) is 0 Å². The van der Waals surface area contributed by atoms with Crippen molar-refractivity contribution in [2.75, 3.05) is 0 Å². The number of hydrogen-bond acceptors (Lipinski definition) is 4. The van der Waals surface area contributed by atoms with Gasteiger partial charge in [-0.05, 0) is 19.1 Å². The van der Waals surface area contributed by atoms with Crippen molar-refractivity contribution < 1.29 is 4.79 Å². The zero-order valence-electron chi connectivity index (χ0n) is 12.4. The number of nitrogens with one attached hydrogen (secondary N) is 1. The van der Waals surface area contributed by atoms with Gasteiger partial charge in [-0.15, -0.1) is 5.10 Å². The van der Waals surface area contributed by atoms with E-state index in [1.165, 1.54) is 11.8 Å². The summed E-state index contributed by atoms with van der Waals surface area (Å²) in [4.78, 5) is 16.9. The second kappa shape index (κ2) is 7.10. The molecular formula is C17H14BrN3OS. The number of Topliss-reactive ketones (excluding diaryl/α,β-unsaturated/α-hetero) is 1. The third-order valence-corrected chi connectivity index (χ3v) is 4.78. The van der Waals surface area contributed by atoms with Gasteiger partial charge >= 0.3 is 0 Å². The molecule has 4 nitrogen and oxygen atoms in total. The van der Waals surface area contributed by atoms with Gasteiger partial charge in [0.05, 0.1) is 5.25 Å². The molecule has 0 unspecified atom stereocenters. The van der Waals surface area contributed by atoms with Gasteiger partial charge in [0.15, 0.2) is 11.6 Å². The van der Waals surface area contributed by atoms with Crippen LogP contribution in [0.15, 0.2) is 64.2 Å². The molecule has 23 heavy (non-hydrogen) atoms. The standard InChI is InChI=1S/C17H14BrN3OS/c1-11(15(22)12-7-9-14(18)10-8-12)23-17-19-16(20-21-17)13-5-3-2-4-6-13/h2-11H,1H3,(H,19,20,21)/t11-/m1/s1. The highest BCUT2D eigenvalue weighted by Gasteiger charge is 2.19. The van der Waals surface area contributed by atoms with Crippen molar-refractivity contribution >= 4 is 33.5 Å². The highest BCUT2D eigenvalue weighted by atomic mass is 79.9. The number of carbonyl (C=O) groups is 1. The van der Waals surface area contributed by atoms with Crippen molar-refractivity contribution in [3.05, 3.63) is 64.6 Å². The van der Waals surface area contributed by atoms with Gasteiger partial charge < -0.3 is 0 Å². The second-order valence-electron chi connectivity index (χ2n) is 4.96. The zero-order valence-corrected chi connectivity index (χ0v) is 14.8. The molecule has 0 radical (unpaired) electrons. The molecule has 6 heteroatoms. The molecule has 1 aromatic heterocycles. The molecule has 0 amide bonds. The quantitative estimate of drug-likeness (QED) is 0.513. The van der Waals surface area contributed by atoms with Crippen molar-refractivity contribution in [2.45, 2.75) is 17.3 Å². The predicted octanol–water partition coefficient (Wildman–Crippen LogP) is 4.60. The SMILES string of the molecule is C[C@@H](Sc1n[nH]c(-c2ccccc2)n1)C(=O)c1ccc(Br)cc1. The number of halogens is 1. The summed E-state index contributed by atoms with van der Waals surface area (Å²) in [7, 11) is 0. The Bertz CT molecular complexity index is 802. The summed E-state index contributed by atoms with van der Waals surface area (Å²) in [6.07, 6.45) is 0. The minimum absolute atomic E-state index is 0.0635. The van der Waals surface area contributed by atoms with E-state index in [1.807, 2.05) is 61.5 Å². The summed E-state index contributed by atoms with van der Waals surface area (Å²) in [5.41, 5.74) is 1.66. The van der Waals surface area contributed by atoms with Gasteiger partial charge in [0.2, 0.25) is 5.16 Å². The zero-order chi connectivity index (χ0) is 16.2. The number of rotatable bonds is 5. The highest BCUT2D eigenvalue weighted by molar-refractivity contribution is 9.10. The van der Waals surface area contributed by atoms with Crippen LogP contribution < -0.4 is 0 Å². The summed E-state index contributed by atoms with van der Waals surface area (Å²) >= 11 is 4.72. The van der Waals surface area contributed by atoms with Gasteiger partial charge in [0, 0.05) is 15.6 Å². The number of carbonyl (C=O) groups excluding carboxylic acids is 1. The second-order valence-corrected chi connectivity index (χ2v) is 7.19. The number of aromatic amines is 1. The average Bonchev–Trinajstić information content (AvgIpc) is 3.04. The number of hydrogen-bond donors (Lipinski definition) is 1. The molecule has 0 spiro atoms. The maximum absolute atomic E-state index is 12.4. The Morgan fingerprint density at radius 3 is 2.52 bits per heavy atom. The normalized spacial score (nSPS) is 12.1. The van der Waals surface area contributed by atoms with E-state index < -0.39 is 0 Å². The van der Waals surface area contributed by atoms with Crippen molar-refractivity contribution in [3.8, 4) is 11.4 Å². The Morgan fingerprint density at radius 1 is 1.13 bits per heavy atom. The average molecular weight is 388 g/mol. The summed E-state index contributed by atoms with van der Waals surface area (Å²) in [5, 5.41) is 7.42. The van der Waals surface area contributed by atoms with Crippen LogP contribution in [0, 0.1) is 0 Å². The Labute approximate surface area is 146 Å². The fourth-order valence-corrected chi connectivity index (χ4v) is 3.15. The molecule has 3 aromatic rings. The molecule has 116 valence electrons.